The molecule has 0 unspecified atom stereocenters. The van der Waals surface area contributed by atoms with Crippen LogP contribution in [-0.2, 0) is 11.3 Å². The SMILES string of the molecule is CCNC(=NCc1cccc([N+](=O)[O-])c1)NCC(C)(C)N1CCOCC1. The number of non-ortho nitro benzene ring substituents is 1. The summed E-state index contributed by atoms with van der Waals surface area (Å²) in [6, 6.07) is 6.58. The number of nitrogens with one attached hydrogen (secondary N) is 2. The molecule has 144 valence electrons. The van der Waals surface area contributed by atoms with Crippen molar-refractivity contribution in [2.45, 2.75) is 32.9 Å². The molecular formula is C18H29N5O3. The van der Waals surface area contributed by atoms with E-state index in [0.717, 1.165) is 45.0 Å². The third-order valence-corrected chi connectivity index (χ3v) is 4.44. The first kappa shape index (κ1) is 20.1. The van der Waals surface area contributed by atoms with Crippen LogP contribution in [0.3, 0.4) is 0 Å². The third-order valence-electron chi connectivity index (χ3n) is 4.44. The van der Waals surface area contributed by atoms with Gasteiger partial charge in [-0.2, -0.15) is 0 Å². The molecule has 2 N–H and O–H groups in total. The molecule has 2 rings (SSSR count). The number of aliphatic imine (C=N–C) groups is 1. The number of rotatable bonds is 7. The van der Waals surface area contributed by atoms with Gasteiger partial charge in [-0.3, -0.25) is 15.0 Å². The van der Waals surface area contributed by atoms with Crippen molar-refractivity contribution >= 4 is 11.6 Å². The lowest BCUT2D eigenvalue weighted by Gasteiger charge is -2.41. The molecule has 1 heterocycles. The lowest BCUT2D eigenvalue weighted by molar-refractivity contribution is -0.384. The molecule has 0 atom stereocenters. The fraction of sp³-hybridized carbons (Fsp3) is 0.611. The number of morpholine rings is 1. The Kier molecular flexibility index (Phi) is 7.35. The van der Waals surface area contributed by atoms with Crippen molar-refractivity contribution in [3.8, 4) is 0 Å². The highest BCUT2D eigenvalue weighted by Crippen LogP contribution is 2.15. The van der Waals surface area contributed by atoms with E-state index in [1.807, 2.05) is 13.0 Å². The van der Waals surface area contributed by atoms with Gasteiger partial charge in [0.25, 0.3) is 5.69 Å². The van der Waals surface area contributed by atoms with E-state index in [0.29, 0.717) is 12.5 Å². The summed E-state index contributed by atoms with van der Waals surface area (Å²) in [4.78, 5) is 17.5. The highest BCUT2D eigenvalue weighted by atomic mass is 16.6. The molecule has 1 aliphatic rings. The highest BCUT2D eigenvalue weighted by Gasteiger charge is 2.28. The van der Waals surface area contributed by atoms with Crippen LogP contribution in [0.4, 0.5) is 5.69 Å². The van der Waals surface area contributed by atoms with E-state index in [4.69, 9.17) is 4.74 Å². The summed E-state index contributed by atoms with van der Waals surface area (Å²) in [7, 11) is 0. The largest absolute Gasteiger partial charge is 0.379 e. The summed E-state index contributed by atoms with van der Waals surface area (Å²) in [6.45, 7) is 11.7. The molecule has 1 fully saturated rings. The van der Waals surface area contributed by atoms with Crippen molar-refractivity contribution < 1.29 is 9.66 Å². The Bertz CT molecular complexity index is 627. The van der Waals surface area contributed by atoms with Crippen molar-refractivity contribution in [1.82, 2.24) is 15.5 Å². The average molecular weight is 363 g/mol. The zero-order valence-corrected chi connectivity index (χ0v) is 15.8. The number of benzene rings is 1. The smallest absolute Gasteiger partial charge is 0.269 e. The maximum atomic E-state index is 10.9. The maximum Gasteiger partial charge on any atom is 0.269 e. The van der Waals surface area contributed by atoms with Crippen molar-refractivity contribution in [3.63, 3.8) is 0 Å². The topological polar surface area (TPSA) is 92.0 Å². The Morgan fingerprint density at radius 3 is 2.73 bits per heavy atom. The number of hydrogen-bond donors (Lipinski definition) is 2. The minimum Gasteiger partial charge on any atom is -0.379 e. The number of nitrogens with zero attached hydrogens (tertiary/aromatic N) is 3. The van der Waals surface area contributed by atoms with E-state index >= 15 is 0 Å². The second-order valence-electron chi connectivity index (χ2n) is 6.89. The molecule has 0 bridgehead atoms. The molecule has 0 spiro atoms. The quantitative estimate of drug-likeness (QED) is 0.332. The summed E-state index contributed by atoms with van der Waals surface area (Å²) in [5.41, 5.74) is 0.874. The standard InChI is InChI=1S/C18H29N5O3/c1-4-19-17(20-13-15-6-5-7-16(12-15)23(24)25)21-14-18(2,3)22-8-10-26-11-9-22/h5-7,12H,4,8-11,13-14H2,1-3H3,(H2,19,20,21). The third kappa shape index (κ3) is 5.96. The van der Waals surface area contributed by atoms with E-state index in [1.165, 1.54) is 6.07 Å². The van der Waals surface area contributed by atoms with E-state index in [2.05, 4.69) is 34.4 Å². The summed E-state index contributed by atoms with van der Waals surface area (Å²) in [5, 5.41) is 17.5. The molecule has 0 radical (unpaired) electrons. The van der Waals surface area contributed by atoms with Crippen LogP contribution in [0.2, 0.25) is 0 Å². The molecular weight excluding hydrogens is 334 g/mol. The Balaban J connectivity index is 1.97. The normalized spacial score (nSPS) is 16.3. The Morgan fingerprint density at radius 2 is 2.08 bits per heavy atom. The minimum absolute atomic E-state index is 0.0223. The van der Waals surface area contributed by atoms with Crippen molar-refractivity contribution in [1.29, 1.82) is 0 Å². The zero-order valence-electron chi connectivity index (χ0n) is 15.8. The van der Waals surface area contributed by atoms with Crippen LogP contribution in [0, 0.1) is 10.1 Å². The van der Waals surface area contributed by atoms with Gasteiger partial charge < -0.3 is 15.4 Å². The molecule has 1 aromatic rings. The van der Waals surface area contributed by atoms with Gasteiger partial charge in [0.15, 0.2) is 5.96 Å². The van der Waals surface area contributed by atoms with Gasteiger partial charge in [0.2, 0.25) is 0 Å². The number of nitro benzene ring substituents is 1. The average Bonchev–Trinajstić information content (AvgIpc) is 2.65. The van der Waals surface area contributed by atoms with Crippen molar-refractivity contribution in [2.24, 2.45) is 4.99 Å². The predicted molar refractivity (Wildman–Crippen MR) is 102 cm³/mol. The van der Waals surface area contributed by atoms with Crippen molar-refractivity contribution in [2.75, 3.05) is 39.4 Å². The fourth-order valence-corrected chi connectivity index (χ4v) is 2.86. The van der Waals surface area contributed by atoms with Crippen LogP contribution in [0.25, 0.3) is 0 Å². The zero-order chi connectivity index (χ0) is 19.0. The van der Waals surface area contributed by atoms with Crippen LogP contribution in [0.1, 0.15) is 26.3 Å². The first-order chi connectivity index (χ1) is 12.4. The van der Waals surface area contributed by atoms with E-state index in [-0.39, 0.29) is 16.1 Å². The summed E-state index contributed by atoms with van der Waals surface area (Å²) >= 11 is 0. The molecule has 26 heavy (non-hydrogen) atoms. The molecule has 1 aromatic carbocycles. The van der Waals surface area contributed by atoms with Crippen LogP contribution in [-0.4, -0.2) is 60.7 Å². The fourth-order valence-electron chi connectivity index (χ4n) is 2.86. The predicted octanol–water partition coefficient (Wildman–Crippen LogP) is 1.76. The Hall–Kier alpha value is -2.19. The molecule has 1 saturated heterocycles. The van der Waals surface area contributed by atoms with Gasteiger partial charge in [-0.05, 0) is 26.3 Å². The molecule has 0 amide bonds. The van der Waals surface area contributed by atoms with Gasteiger partial charge in [-0.1, -0.05) is 12.1 Å². The Labute approximate surface area is 154 Å². The molecule has 8 heteroatoms. The first-order valence-corrected chi connectivity index (χ1v) is 9.00. The number of ether oxygens (including phenoxy) is 1. The van der Waals surface area contributed by atoms with E-state index in [9.17, 15) is 10.1 Å². The van der Waals surface area contributed by atoms with Crippen LogP contribution in [0.5, 0.6) is 0 Å². The van der Waals surface area contributed by atoms with Crippen molar-refractivity contribution in [3.05, 3.63) is 39.9 Å². The van der Waals surface area contributed by atoms with E-state index < -0.39 is 0 Å². The van der Waals surface area contributed by atoms with Gasteiger partial charge in [0.1, 0.15) is 0 Å². The minimum atomic E-state index is -0.387. The van der Waals surface area contributed by atoms with Gasteiger partial charge in [0, 0.05) is 43.9 Å². The van der Waals surface area contributed by atoms with Gasteiger partial charge in [-0.25, -0.2) is 4.99 Å². The van der Waals surface area contributed by atoms with Crippen LogP contribution < -0.4 is 10.6 Å². The van der Waals surface area contributed by atoms with Gasteiger partial charge >= 0.3 is 0 Å². The molecule has 0 saturated carbocycles. The summed E-state index contributed by atoms with van der Waals surface area (Å²) in [5.74, 6) is 0.709. The first-order valence-electron chi connectivity index (χ1n) is 9.00. The number of nitro groups is 1. The monoisotopic (exact) mass is 363 g/mol. The maximum absolute atomic E-state index is 10.9. The number of hydrogen-bond acceptors (Lipinski definition) is 5. The molecule has 0 aromatic heterocycles. The summed E-state index contributed by atoms with van der Waals surface area (Å²) < 4.78 is 5.43. The highest BCUT2D eigenvalue weighted by molar-refractivity contribution is 5.79. The molecule has 1 aliphatic heterocycles. The molecule has 0 aliphatic carbocycles. The second-order valence-corrected chi connectivity index (χ2v) is 6.89. The number of guanidine groups is 1. The summed E-state index contributed by atoms with van der Waals surface area (Å²) in [6.07, 6.45) is 0. The van der Waals surface area contributed by atoms with E-state index in [1.54, 1.807) is 12.1 Å². The van der Waals surface area contributed by atoms with Crippen LogP contribution in [0.15, 0.2) is 29.3 Å². The molecule has 8 nitrogen and oxygen atoms in total. The lowest BCUT2D eigenvalue weighted by atomic mass is 10.0. The van der Waals surface area contributed by atoms with Crippen LogP contribution >= 0.6 is 0 Å². The lowest BCUT2D eigenvalue weighted by Crippen LogP contribution is -2.56. The van der Waals surface area contributed by atoms with Gasteiger partial charge in [-0.15, -0.1) is 0 Å². The Morgan fingerprint density at radius 1 is 1.35 bits per heavy atom. The van der Waals surface area contributed by atoms with Gasteiger partial charge in [0.05, 0.1) is 24.7 Å². The second kappa shape index (κ2) is 9.49.